The fourth-order valence-electron chi connectivity index (χ4n) is 2.73. The minimum absolute atomic E-state index is 0.187. The molecule has 0 aliphatic rings. The van der Waals surface area contributed by atoms with Crippen molar-refractivity contribution < 1.29 is 14.6 Å². The number of phenolic OH excluding ortho intramolecular Hbond substituents is 1. The number of rotatable bonds is 7. The van der Waals surface area contributed by atoms with E-state index in [-0.39, 0.29) is 5.75 Å². The number of hydrogen-bond donors (Lipinski definition) is 1. The summed E-state index contributed by atoms with van der Waals surface area (Å²) in [4.78, 5) is 4.51. The lowest BCUT2D eigenvalue weighted by Gasteiger charge is -2.12. The molecule has 3 rings (SSSR count). The molecule has 0 saturated heterocycles. The molecule has 0 aliphatic heterocycles. The first kappa shape index (κ1) is 18.8. The average Bonchev–Trinajstić information content (AvgIpc) is 2.67. The summed E-state index contributed by atoms with van der Waals surface area (Å²) in [5, 5.41) is 10.9. The Balaban J connectivity index is 1.77. The van der Waals surface area contributed by atoms with E-state index in [2.05, 4.69) is 18.8 Å². The Morgan fingerprint density at radius 3 is 2.67 bits per heavy atom. The smallest absolute Gasteiger partial charge is 0.161 e. The number of pyridine rings is 1. The van der Waals surface area contributed by atoms with Crippen LogP contribution in [0.5, 0.6) is 17.2 Å². The summed E-state index contributed by atoms with van der Waals surface area (Å²) in [6.45, 7) is 5.03. The van der Waals surface area contributed by atoms with Crippen molar-refractivity contribution in [2.24, 2.45) is 5.92 Å². The SMILES string of the molecule is COc1cc(/C=C/c2ccc3cccc(O)c3n2)ccc1OCCC(C)C. The van der Waals surface area contributed by atoms with Gasteiger partial charge in [0.1, 0.15) is 11.3 Å². The number of hydrogen-bond acceptors (Lipinski definition) is 4. The molecule has 0 amide bonds. The van der Waals surface area contributed by atoms with Gasteiger partial charge in [-0.3, -0.25) is 0 Å². The lowest BCUT2D eigenvalue weighted by Crippen LogP contribution is -2.02. The quantitative estimate of drug-likeness (QED) is 0.598. The summed E-state index contributed by atoms with van der Waals surface area (Å²) < 4.78 is 11.3. The van der Waals surface area contributed by atoms with E-state index in [9.17, 15) is 5.11 Å². The first-order valence-corrected chi connectivity index (χ1v) is 9.14. The summed E-state index contributed by atoms with van der Waals surface area (Å²) in [6, 6.07) is 15.1. The maximum atomic E-state index is 9.97. The van der Waals surface area contributed by atoms with Crippen LogP contribution in [0.3, 0.4) is 0 Å². The third kappa shape index (κ3) is 4.79. The predicted molar refractivity (Wildman–Crippen MR) is 110 cm³/mol. The van der Waals surface area contributed by atoms with Crippen LogP contribution in [0.1, 0.15) is 31.5 Å². The van der Waals surface area contributed by atoms with Gasteiger partial charge >= 0.3 is 0 Å². The Kier molecular flexibility index (Phi) is 5.97. The van der Waals surface area contributed by atoms with Gasteiger partial charge in [-0.15, -0.1) is 0 Å². The van der Waals surface area contributed by atoms with Crippen LogP contribution in [-0.2, 0) is 0 Å². The Hall–Kier alpha value is -3.01. The topological polar surface area (TPSA) is 51.6 Å². The van der Waals surface area contributed by atoms with Crippen molar-refractivity contribution in [2.45, 2.75) is 20.3 Å². The zero-order valence-corrected chi connectivity index (χ0v) is 16.0. The van der Waals surface area contributed by atoms with Crippen LogP contribution in [0.25, 0.3) is 23.1 Å². The van der Waals surface area contributed by atoms with Crippen molar-refractivity contribution in [3.05, 3.63) is 59.8 Å². The Morgan fingerprint density at radius 2 is 1.89 bits per heavy atom. The van der Waals surface area contributed by atoms with Crippen molar-refractivity contribution in [3.63, 3.8) is 0 Å². The lowest BCUT2D eigenvalue weighted by molar-refractivity contribution is 0.273. The standard InChI is InChI=1S/C23H25NO3/c1-16(2)13-14-27-21-12-8-17(15-22(21)26-3)7-10-19-11-9-18-5-4-6-20(25)23(18)24-19/h4-12,15-16,25H,13-14H2,1-3H3/b10-7+. The monoisotopic (exact) mass is 363 g/mol. The normalized spacial score (nSPS) is 11.4. The van der Waals surface area contributed by atoms with Gasteiger partial charge < -0.3 is 14.6 Å². The summed E-state index contributed by atoms with van der Waals surface area (Å²) in [7, 11) is 1.64. The van der Waals surface area contributed by atoms with E-state index in [4.69, 9.17) is 9.47 Å². The Bertz CT molecular complexity index is 948. The molecule has 3 aromatic rings. The van der Waals surface area contributed by atoms with Crippen molar-refractivity contribution in [2.75, 3.05) is 13.7 Å². The summed E-state index contributed by atoms with van der Waals surface area (Å²) in [6.07, 6.45) is 4.89. The van der Waals surface area contributed by atoms with E-state index in [0.29, 0.717) is 23.8 Å². The number of para-hydroxylation sites is 1. The number of phenols is 1. The van der Waals surface area contributed by atoms with Crippen LogP contribution in [0, 0.1) is 5.92 Å². The number of methoxy groups -OCH3 is 1. The third-order valence-electron chi connectivity index (χ3n) is 4.31. The van der Waals surface area contributed by atoms with Gasteiger partial charge in [0.25, 0.3) is 0 Å². The van der Waals surface area contributed by atoms with E-state index in [1.54, 1.807) is 13.2 Å². The van der Waals surface area contributed by atoms with E-state index >= 15 is 0 Å². The van der Waals surface area contributed by atoms with Crippen LogP contribution < -0.4 is 9.47 Å². The highest BCUT2D eigenvalue weighted by Gasteiger charge is 2.06. The molecule has 1 aromatic heterocycles. The van der Waals surface area contributed by atoms with Crippen molar-refractivity contribution in [1.29, 1.82) is 0 Å². The molecule has 1 N–H and O–H groups in total. The van der Waals surface area contributed by atoms with E-state index in [1.807, 2.05) is 54.6 Å². The van der Waals surface area contributed by atoms with Crippen molar-refractivity contribution in [3.8, 4) is 17.2 Å². The zero-order valence-electron chi connectivity index (χ0n) is 16.0. The molecule has 0 saturated carbocycles. The summed E-state index contributed by atoms with van der Waals surface area (Å²) in [5.41, 5.74) is 2.37. The number of benzene rings is 2. The highest BCUT2D eigenvalue weighted by molar-refractivity contribution is 5.85. The van der Waals surface area contributed by atoms with Crippen molar-refractivity contribution >= 4 is 23.1 Å². The van der Waals surface area contributed by atoms with Gasteiger partial charge in [-0.25, -0.2) is 4.98 Å². The number of aromatic hydroxyl groups is 1. The molecule has 27 heavy (non-hydrogen) atoms. The van der Waals surface area contributed by atoms with E-state index < -0.39 is 0 Å². The highest BCUT2D eigenvalue weighted by atomic mass is 16.5. The number of ether oxygens (including phenoxy) is 2. The van der Waals surface area contributed by atoms with E-state index in [0.717, 1.165) is 28.8 Å². The molecule has 4 nitrogen and oxygen atoms in total. The molecule has 0 aliphatic carbocycles. The summed E-state index contributed by atoms with van der Waals surface area (Å²) in [5.74, 6) is 2.26. The fourth-order valence-corrected chi connectivity index (χ4v) is 2.73. The molecule has 0 fully saturated rings. The Morgan fingerprint density at radius 1 is 1.04 bits per heavy atom. The second kappa shape index (κ2) is 8.58. The number of fused-ring (bicyclic) bond motifs is 1. The minimum Gasteiger partial charge on any atom is -0.506 e. The average molecular weight is 363 g/mol. The van der Waals surface area contributed by atoms with Gasteiger partial charge in [0.05, 0.1) is 19.4 Å². The molecular weight excluding hydrogens is 338 g/mol. The molecule has 4 heteroatoms. The molecule has 0 atom stereocenters. The van der Waals surface area contributed by atoms with Crippen LogP contribution in [-0.4, -0.2) is 23.8 Å². The zero-order chi connectivity index (χ0) is 19.2. The lowest BCUT2D eigenvalue weighted by atomic mass is 10.1. The first-order valence-electron chi connectivity index (χ1n) is 9.14. The molecular formula is C23H25NO3. The minimum atomic E-state index is 0.187. The van der Waals surface area contributed by atoms with Crippen molar-refractivity contribution in [1.82, 2.24) is 4.98 Å². The second-order valence-electron chi connectivity index (χ2n) is 6.86. The Labute approximate surface area is 160 Å². The van der Waals surface area contributed by atoms with Gasteiger partial charge in [-0.05, 0) is 48.2 Å². The van der Waals surface area contributed by atoms with Gasteiger partial charge in [-0.2, -0.15) is 0 Å². The first-order chi connectivity index (χ1) is 13.1. The van der Waals surface area contributed by atoms with Gasteiger partial charge in [-0.1, -0.05) is 44.2 Å². The molecule has 2 aromatic carbocycles. The van der Waals surface area contributed by atoms with Gasteiger partial charge in [0, 0.05) is 5.39 Å². The molecule has 0 unspecified atom stereocenters. The highest BCUT2D eigenvalue weighted by Crippen LogP contribution is 2.29. The maximum Gasteiger partial charge on any atom is 0.161 e. The molecule has 1 heterocycles. The van der Waals surface area contributed by atoms with E-state index in [1.165, 1.54) is 0 Å². The molecule has 140 valence electrons. The largest absolute Gasteiger partial charge is 0.506 e. The number of aromatic nitrogens is 1. The second-order valence-corrected chi connectivity index (χ2v) is 6.86. The summed E-state index contributed by atoms with van der Waals surface area (Å²) >= 11 is 0. The van der Waals surface area contributed by atoms with Crippen LogP contribution in [0.2, 0.25) is 0 Å². The molecule has 0 bridgehead atoms. The third-order valence-corrected chi connectivity index (χ3v) is 4.31. The number of nitrogens with zero attached hydrogens (tertiary/aromatic N) is 1. The van der Waals surface area contributed by atoms with Crippen LogP contribution in [0.15, 0.2) is 48.5 Å². The molecule has 0 radical (unpaired) electrons. The van der Waals surface area contributed by atoms with Crippen LogP contribution in [0.4, 0.5) is 0 Å². The van der Waals surface area contributed by atoms with Crippen LogP contribution >= 0.6 is 0 Å². The predicted octanol–water partition coefficient (Wildman–Crippen LogP) is 5.54. The molecule has 0 spiro atoms. The maximum absolute atomic E-state index is 9.97. The van der Waals surface area contributed by atoms with Gasteiger partial charge in [0.2, 0.25) is 0 Å². The fraction of sp³-hybridized carbons (Fsp3) is 0.261. The van der Waals surface area contributed by atoms with Gasteiger partial charge in [0.15, 0.2) is 11.5 Å².